The van der Waals surface area contributed by atoms with Gasteiger partial charge in [-0.05, 0) is 19.1 Å². The Morgan fingerprint density at radius 1 is 1.29 bits per heavy atom. The van der Waals surface area contributed by atoms with Crippen molar-refractivity contribution in [3.05, 3.63) is 35.4 Å². The fourth-order valence-electron chi connectivity index (χ4n) is 0.936. The molecule has 0 spiro atoms. The van der Waals surface area contributed by atoms with E-state index in [1.165, 1.54) is 6.92 Å². The molecule has 0 aliphatic rings. The normalized spacial score (nSPS) is 10.6. The molecule has 90 valence electrons. The van der Waals surface area contributed by atoms with E-state index in [0.717, 1.165) is 0 Å². The Labute approximate surface area is 100 Å². The molecule has 0 saturated heterocycles. The summed E-state index contributed by atoms with van der Waals surface area (Å²) in [5.74, 6) is 2.38. The minimum Gasteiger partial charge on any atom is -0.295 e. The van der Waals surface area contributed by atoms with Gasteiger partial charge in [-0.3, -0.25) is 4.79 Å². The van der Waals surface area contributed by atoms with Crippen molar-refractivity contribution >= 4 is 17.8 Å². The lowest BCUT2D eigenvalue weighted by molar-refractivity contribution is -0.266. The molecule has 0 aromatic heterocycles. The topological polar surface area (TPSA) is 26.3 Å². The van der Waals surface area contributed by atoms with Gasteiger partial charge >= 0.3 is 6.36 Å². The summed E-state index contributed by atoms with van der Waals surface area (Å²) in [6.07, 6.45) is -4.70. The molecule has 6 heteroatoms. The first-order valence-electron chi connectivity index (χ1n) is 4.42. The second-order valence-electron chi connectivity index (χ2n) is 2.97. The van der Waals surface area contributed by atoms with Crippen LogP contribution in [0, 0.1) is 11.2 Å². The van der Waals surface area contributed by atoms with E-state index in [1.54, 1.807) is 24.3 Å². The molecular weight excluding hydrogens is 253 g/mol. The van der Waals surface area contributed by atoms with E-state index in [0.29, 0.717) is 11.1 Å². The number of carbonyl (C=O) groups excluding carboxylic acids is 1. The van der Waals surface area contributed by atoms with Crippen LogP contribution in [0.15, 0.2) is 24.3 Å². The zero-order valence-electron chi connectivity index (χ0n) is 8.67. The summed E-state index contributed by atoms with van der Waals surface area (Å²) in [6.45, 7) is 1.42. The molecule has 0 unspecified atom stereocenters. The Balaban J connectivity index is 2.58. The lowest BCUT2D eigenvalue weighted by Crippen LogP contribution is -2.06. The van der Waals surface area contributed by atoms with Crippen LogP contribution >= 0.6 is 12.0 Å². The van der Waals surface area contributed by atoms with Crippen LogP contribution in [0.2, 0.25) is 0 Å². The summed E-state index contributed by atoms with van der Waals surface area (Å²) >= 11 is 0.0125. The number of Topliss-reactive ketones (excluding diaryl/α,β-unsaturated/α-hetero) is 1. The maximum atomic E-state index is 11.6. The highest BCUT2D eigenvalue weighted by atomic mass is 32.2. The van der Waals surface area contributed by atoms with Gasteiger partial charge in [0.2, 0.25) is 0 Å². The third kappa shape index (κ3) is 5.43. The third-order valence-corrected chi connectivity index (χ3v) is 2.12. The molecule has 1 aromatic rings. The Kier molecular flexibility index (Phi) is 4.61. The summed E-state index contributed by atoms with van der Waals surface area (Å²) < 4.78 is 38.1. The lowest BCUT2D eigenvalue weighted by atomic mass is 10.1. The molecule has 2 nitrogen and oxygen atoms in total. The van der Waals surface area contributed by atoms with Gasteiger partial charge in [0.1, 0.15) is 0 Å². The van der Waals surface area contributed by atoms with E-state index >= 15 is 0 Å². The zero-order chi connectivity index (χ0) is 12.9. The number of hydrogen-bond acceptors (Lipinski definition) is 3. The van der Waals surface area contributed by atoms with E-state index in [-0.39, 0.29) is 17.8 Å². The molecule has 17 heavy (non-hydrogen) atoms. The van der Waals surface area contributed by atoms with Gasteiger partial charge in [0, 0.05) is 16.4 Å². The Morgan fingerprint density at radius 3 is 2.35 bits per heavy atom. The number of alkyl halides is 3. The molecular formula is C11H7F3O2S. The largest absolute Gasteiger partial charge is 0.534 e. The first-order chi connectivity index (χ1) is 7.88. The molecule has 0 atom stereocenters. The average Bonchev–Trinajstić information content (AvgIpc) is 2.24. The second-order valence-corrected chi connectivity index (χ2v) is 3.51. The first kappa shape index (κ1) is 13.6. The van der Waals surface area contributed by atoms with Crippen LogP contribution in [-0.2, 0) is 4.18 Å². The van der Waals surface area contributed by atoms with Gasteiger partial charge in [0.15, 0.2) is 5.78 Å². The van der Waals surface area contributed by atoms with Crippen molar-refractivity contribution < 1.29 is 22.1 Å². The van der Waals surface area contributed by atoms with Crippen molar-refractivity contribution in [2.24, 2.45) is 0 Å². The molecule has 0 radical (unpaired) electrons. The van der Waals surface area contributed by atoms with Crippen LogP contribution in [-0.4, -0.2) is 12.1 Å². The van der Waals surface area contributed by atoms with Crippen LogP contribution in [0.3, 0.4) is 0 Å². The molecule has 0 amide bonds. The molecule has 1 rings (SSSR count). The highest BCUT2D eigenvalue weighted by molar-refractivity contribution is 7.99. The van der Waals surface area contributed by atoms with Crippen molar-refractivity contribution in [1.29, 1.82) is 0 Å². The zero-order valence-corrected chi connectivity index (χ0v) is 9.48. The predicted molar refractivity (Wildman–Crippen MR) is 58.1 cm³/mol. The summed E-state index contributed by atoms with van der Waals surface area (Å²) in [6, 6.07) is 6.22. The van der Waals surface area contributed by atoms with Crippen LogP contribution in [0.25, 0.3) is 0 Å². The molecule has 1 aromatic carbocycles. The van der Waals surface area contributed by atoms with Gasteiger partial charge in [0.25, 0.3) is 0 Å². The van der Waals surface area contributed by atoms with Crippen LogP contribution in [0.1, 0.15) is 22.8 Å². The van der Waals surface area contributed by atoms with Gasteiger partial charge < -0.3 is 0 Å². The average molecular weight is 260 g/mol. The summed E-state index contributed by atoms with van der Waals surface area (Å²) in [5.41, 5.74) is 1.03. The maximum absolute atomic E-state index is 11.6. The predicted octanol–water partition coefficient (Wildman–Crippen LogP) is 3.38. The van der Waals surface area contributed by atoms with Gasteiger partial charge in [-0.25, -0.2) is 4.18 Å². The van der Waals surface area contributed by atoms with E-state index in [4.69, 9.17) is 0 Å². The number of hydrogen-bond donors (Lipinski definition) is 0. The van der Waals surface area contributed by atoms with Gasteiger partial charge in [-0.2, -0.15) is 0 Å². The van der Waals surface area contributed by atoms with Crippen molar-refractivity contribution in [1.82, 2.24) is 0 Å². The fourth-order valence-corrected chi connectivity index (χ4v) is 1.23. The minimum atomic E-state index is -4.70. The summed E-state index contributed by atoms with van der Waals surface area (Å²) in [7, 11) is 0. The first-order valence-corrected chi connectivity index (χ1v) is 5.16. The molecule has 0 bridgehead atoms. The molecule has 0 heterocycles. The highest BCUT2D eigenvalue weighted by Gasteiger charge is 2.29. The fraction of sp³-hybridized carbons (Fsp3) is 0.182. The Morgan fingerprint density at radius 2 is 1.88 bits per heavy atom. The van der Waals surface area contributed by atoms with Crippen molar-refractivity contribution in [3.63, 3.8) is 0 Å². The standard InChI is InChI=1S/C11H7F3O2S/c1-8(15)10-4-2-9(3-5-10)6-7-17-16-11(12,13)14/h2-5H,1H3. The van der Waals surface area contributed by atoms with Gasteiger partial charge in [-0.15, -0.1) is 13.2 Å². The van der Waals surface area contributed by atoms with E-state index in [9.17, 15) is 18.0 Å². The van der Waals surface area contributed by atoms with Crippen LogP contribution in [0.4, 0.5) is 13.2 Å². The maximum Gasteiger partial charge on any atom is 0.534 e. The van der Waals surface area contributed by atoms with Gasteiger partial charge in [0.05, 0.1) is 12.0 Å². The highest BCUT2D eigenvalue weighted by Crippen LogP contribution is 2.22. The van der Waals surface area contributed by atoms with E-state index < -0.39 is 6.36 Å². The lowest BCUT2D eigenvalue weighted by Gasteiger charge is -1.99. The Bertz CT molecular complexity index is 454. The molecule has 0 fully saturated rings. The van der Waals surface area contributed by atoms with Crippen LogP contribution in [0.5, 0.6) is 0 Å². The number of benzene rings is 1. The van der Waals surface area contributed by atoms with Crippen LogP contribution < -0.4 is 0 Å². The number of ketones is 1. The Hall–Kier alpha value is -1.45. The second kappa shape index (κ2) is 5.75. The van der Waals surface area contributed by atoms with Crippen molar-refractivity contribution in [3.8, 4) is 11.2 Å². The number of rotatable bonds is 2. The van der Waals surface area contributed by atoms with E-state index in [1.807, 2.05) is 0 Å². The number of carbonyl (C=O) groups is 1. The monoisotopic (exact) mass is 260 g/mol. The quantitative estimate of drug-likeness (QED) is 0.463. The molecule has 0 N–H and O–H groups in total. The molecule has 0 aliphatic heterocycles. The smallest absolute Gasteiger partial charge is 0.295 e. The molecule has 0 saturated carbocycles. The third-order valence-electron chi connectivity index (χ3n) is 1.66. The SMILES string of the molecule is CC(=O)c1ccc(C#CSOC(F)(F)F)cc1. The summed E-state index contributed by atoms with van der Waals surface area (Å²) in [4.78, 5) is 10.9. The van der Waals surface area contributed by atoms with Crippen molar-refractivity contribution in [2.75, 3.05) is 0 Å². The van der Waals surface area contributed by atoms with Gasteiger partial charge in [-0.1, -0.05) is 18.1 Å². The molecule has 0 aliphatic carbocycles. The summed E-state index contributed by atoms with van der Waals surface area (Å²) in [5, 5.41) is 2.15. The van der Waals surface area contributed by atoms with Crippen molar-refractivity contribution in [2.45, 2.75) is 13.3 Å². The minimum absolute atomic E-state index is 0.0125. The number of halogens is 3. The van der Waals surface area contributed by atoms with E-state index in [2.05, 4.69) is 15.4 Å².